The molecule has 1 atom stereocenters. The first-order chi connectivity index (χ1) is 15.0. The highest BCUT2D eigenvalue weighted by Gasteiger charge is 2.66. The second-order valence-corrected chi connectivity index (χ2v) is 9.23. The number of nitrogens with zero attached hydrogens (tertiary/aromatic N) is 2. The number of methoxy groups -OCH3 is 1. The maximum absolute atomic E-state index is 14.1. The zero-order valence-electron chi connectivity index (χ0n) is 17.6. The minimum atomic E-state index is -0.929. The molecule has 2 aromatic rings. The van der Waals surface area contributed by atoms with Gasteiger partial charge in [0.25, 0.3) is 5.91 Å². The number of hydrogen-bond donors (Lipinski definition) is 1. The Bertz CT molecular complexity index is 1090. The van der Waals surface area contributed by atoms with Gasteiger partial charge >= 0.3 is 0 Å². The van der Waals surface area contributed by atoms with Gasteiger partial charge in [0.1, 0.15) is 0 Å². The molecule has 6 heteroatoms. The number of ether oxygens (including phenoxy) is 1. The smallest absolute Gasteiger partial charge is 0.259 e. The number of aryl methyl sites for hydroxylation is 2. The van der Waals surface area contributed by atoms with Crippen molar-refractivity contribution in [3.8, 4) is 6.07 Å². The molecule has 5 nitrogen and oxygen atoms in total. The SMILES string of the molecule is COCCN1C(=O)C2(NC1=S)c1cc(C#N)ccc1CC21CCc2ccccc2CC1. The summed E-state index contributed by atoms with van der Waals surface area (Å²) in [5.74, 6) is -0.00524. The predicted octanol–water partition coefficient (Wildman–Crippen LogP) is 3.24. The van der Waals surface area contributed by atoms with E-state index in [0.717, 1.165) is 43.2 Å². The van der Waals surface area contributed by atoms with Gasteiger partial charge in [-0.1, -0.05) is 30.3 Å². The van der Waals surface area contributed by atoms with Crippen molar-refractivity contribution in [2.24, 2.45) is 5.41 Å². The van der Waals surface area contributed by atoms with Crippen molar-refractivity contribution < 1.29 is 9.53 Å². The number of fused-ring (bicyclic) bond motifs is 4. The second kappa shape index (κ2) is 7.44. The van der Waals surface area contributed by atoms with Gasteiger partial charge in [0.2, 0.25) is 0 Å². The molecule has 1 heterocycles. The van der Waals surface area contributed by atoms with Crippen LogP contribution in [0, 0.1) is 16.7 Å². The zero-order chi connectivity index (χ0) is 21.6. The lowest BCUT2D eigenvalue weighted by molar-refractivity contribution is -0.137. The van der Waals surface area contributed by atoms with E-state index in [1.165, 1.54) is 11.1 Å². The fourth-order valence-corrected chi connectivity index (χ4v) is 6.23. The van der Waals surface area contributed by atoms with Crippen molar-refractivity contribution in [2.45, 2.75) is 37.6 Å². The van der Waals surface area contributed by atoms with E-state index in [4.69, 9.17) is 17.0 Å². The average molecular weight is 432 g/mol. The van der Waals surface area contributed by atoms with Crippen LogP contribution in [0.5, 0.6) is 0 Å². The summed E-state index contributed by atoms with van der Waals surface area (Å²) in [6.45, 7) is 0.847. The molecule has 1 saturated heterocycles. The number of nitrogens with one attached hydrogen (secondary N) is 1. The van der Waals surface area contributed by atoms with Gasteiger partial charge in [-0.3, -0.25) is 9.69 Å². The van der Waals surface area contributed by atoms with Crippen LogP contribution < -0.4 is 5.32 Å². The van der Waals surface area contributed by atoms with Gasteiger partial charge in [-0.15, -0.1) is 0 Å². The Balaban J connectivity index is 1.65. The molecule has 2 aliphatic carbocycles. The Morgan fingerprint density at radius 1 is 1.16 bits per heavy atom. The van der Waals surface area contributed by atoms with Gasteiger partial charge in [0.15, 0.2) is 10.7 Å². The third kappa shape index (κ3) is 2.84. The van der Waals surface area contributed by atoms with Crippen LogP contribution in [0.15, 0.2) is 42.5 Å². The molecule has 2 aromatic carbocycles. The van der Waals surface area contributed by atoms with Crippen LogP contribution in [0.4, 0.5) is 0 Å². The number of thiocarbonyl (C=S) groups is 1. The van der Waals surface area contributed by atoms with Crippen LogP contribution in [0.2, 0.25) is 0 Å². The Morgan fingerprint density at radius 3 is 2.52 bits per heavy atom. The quantitative estimate of drug-likeness (QED) is 0.756. The summed E-state index contributed by atoms with van der Waals surface area (Å²) < 4.78 is 5.23. The standard InChI is InChI=1S/C25H25N3O2S/c1-30-13-12-28-22(29)25(27-23(28)31)21-14-17(16-26)6-7-20(21)15-24(25)10-8-18-4-2-3-5-19(18)9-11-24/h2-7,14H,8-13,15H2,1H3,(H,27,31). The van der Waals surface area contributed by atoms with Gasteiger partial charge in [-0.2, -0.15) is 5.26 Å². The fourth-order valence-electron chi connectivity index (χ4n) is 5.91. The van der Waals surface area contributed by atoms with Gasteiger partial charge in [0, 0.05) is 12.5 Å². The maximum Gasteiger partial charge on any atom is 0.259 e. The highest BCUT2D eigenvalue weighted by molar-refractivity contribution is 7.80. The molecule has 0 aromatic heterocycles. The van der Waals surface area contributed by atoms with Gasteiger partial charge in [-0.05, 0) is 78.7 Å². The highest BCUT2D eigenvalue weighted by Crippen LogP contribution is 2.58. The summed E-state index contributed by atoms with van der Waals surface area (Å²) in [5, 5.41) is 13.5. The zero-order valence-corrected chi connectivity index (χ0v) is 18.4. The first kappa shape index (κ1) is 20.2. The predicted molar refractivity (Wildman–Crippen MR) is 121 cm³/mol. The largest absolute Gasteiger partial charge is 0.383 e. The third-order valence-electron chi connectivity index (χ3n) is 7.46. The summed E-state index contributed by atoms with van der Waals surface area (Å²) in [5.41, 5.74) is 4.14. The summed E-state index contributed by atoms with van der Waals surface area (Å²) in [6.07, 6.45) is 4.44. The molecule has 3 aliphatic rings. The molecule has 1 unspecified atom stereocenters. The molecule has 0 radical (unpaired) electrons. The van der Waals surface area contributed by atoms with Crippen LogP contribution >= 0.6 is 12.2 Å². The molecule has 2 spiro atoms. The molecule has 31 heavy (non-hydrogen) atoms. The summed E-state index contributed by atoms with van der Waals surface area (Å²) >= 11 is 5.66. The molecule has 0 saturated carbocycles. The van der Waals surface area contributed by atoms with Crippen LogP contribution in [-0.2, 0) is 34.3 Å². The lowest BCUT2D eigenvalue weighted by Crippen LogP contribution is -2.55. The fraction of sp³-hybridized carbons (Fsp3) is 0.400. The van der Waals surface area contributed by atoms with Crippen molar-refractivity contribution in [1.29, 1.82) is 5.26 Å². The van der Waals surface area contributed by atoms with E-state index in [9.17, 15) is 10.1 Å². The molecule has 1 N–H and O–H groups in total. The Morgan fingerprint density at radius 2 is 1.87 bits per heavy atom. The van der Waals surface area contributed by atoms with E-state index in [1.807, 2.05) is 18.2 Å². The molecule has 158 valence electrons. The summed E-state index contributed by atoms with van der Waals surface area (Å²) in [6, 6.07) is 16.6. The third-order valence-corrected chi connectivity index (χ3v) is 7.78. The molecule has 1 fully saturated rings. The van der Waals surface area contributed by atoms with Crippen LogP contribution in [0.3, 0.4) is 0 Å². The lowest BCUT2D eigenvalue weighted by Gasteiger charge is -2.42. The lowest BCUT2D eigenvalue weighted by atomic mass is 9.65. The number of amides is 1. The Labute approximate surface area is 188 Å². The monoisotopic (exact) mass is 431 g/mol. The first-order valence-corrected chi connectivity index (χ1v) is 11.2. The normalized spacial score (nSPS) is 23.4. The van der Waals surface area contributed by atoms with E-state index in [1.54, 1.807) is 12.0 Å². The van der Waals surface area contributed by atoms with E-state index in [2.05, 4.69) is 35.7 Å². The molecular formula is C25H25N3O2S. The summed E-state index contributed by atoms with van der Waals surface area (Å²) in [7, 11) is 1.63. The number of benzene rings is 2. The van der Waals surface area contributed by atoms with E-state index < -0.39 is 5.54 Å². The van der Waals surface area contributed by atoms with Crippen molar-refractivity contribution >= 4 is 23.2 Å². The van der Waals surface area contributed by atoms with Crippen molar-refractivity contribution in [3.63, 3.8) is 0 Å². The maximum atomic E-state index is 14.1. The minimum absolute atomic E-state index is 0.00524. The number of nitriles is 1. The molecule has 5 rings (SSSR count). The molecule has 0 bridgehead atoms. The molecule has 1 amide bonds. The number of hydrogen-bond acceptors (Lipinski definition) is 4. The molecule has 1 aliphatic heterocycles. The number of carbonyl (C=O) groups is 1. The van der Waals surface area contributed by atoms with Gasteiger partial charge < -0.3 is 10.1 Å². The van der Waals surface area contributed by atoms with Crippen LogP contribution in [0.1, 0.15) is 40.7 Å². The number of rotatable bonds is 3. The Hall–Kier alpha value is -2.75. The van der Waals surface area contributed by atoms with E-state index in [-0.39, 0.29) is 11.3 Å². The van der Waals surface area contributed by atoms with E-state index >= 15 is 0 Å². The van der Waals surface area contributed by atoms with Crippen molar-refractivity contribution in [3.05, 3.63) is 70.3 Å². The van der Waals surface area contributed by atoms with E-state index in [0.29, 0.717) is 23.8 Å². The van der Waals surface area contributed by atoms with Gasteiger partial charge in [0.05, 0.1) is 24.8 Å². The van der Waals surface area contributed by atoms with Crippen molar-refractivity contribution in [2.75, 3.05) is 20.3 Å². The average Bonchev–Trinajstić information content (AvgIpc) is 3.10. The Kier molecular flexibility index (Phi) is 4.84. The second-order valence-electron chi connectivity index (χ2n) is 8.84. The first-order valence-electron chi connectivity index (χ1n) is 10.8. The highest BCUT2D eigenvalue weighted by atomic mass is 32.1. The van der Waals surface area contributed by atoms with Crippen molar-refractivity contribution in [1.82, 2.24) is 10.2 Å². The molecular weight excluding hydrogens is 406 g/mol. The minimum Gasteiger partial charge on any atom is -0.383 e. The topological polar surface area (TPSA) is 65.4 Å². The van der Waals surface area contributed by atoms with Crippen LogP contribution in [-0.4, -0.2) is 36.2 Å². The van der Waals surface area contributed by atoms with Crippen LogP contribution in [0.25, 0.3) is 0 Å². The summed E-state index contributed by atoms with van der Waals surface area (Å²) in [4.78, 5) is 15.8. The van der Waals surface area contributed by atoms with Gasteiger partial charge in [-0.25, -0.2) is 0 Å². The number of carbonyl (C=O) groups excluding carboxylic acids is 1.